The molecule has 0 spiro atoms. The van der Waals surface area contributed by atoms with E-state index in [1.165, 1.54) is 24.3 Å². The fourth-order valence-corrected chi connectivity index (χ4v) is 1.33. The third-order valence-corrected chi connectivity index (χ3v) is 2.25. The van der Waals surface area contributed by atoms with Crippen LogP contribution in [0.5, 0.6) is 0 Å². The van der Waals surface area contributed by atoms with E-state index in [0.29, 0.717) is 5.56 Å². The van der Waals surface area contributed by atoms with Crippen molar-refractivity contribution >= 4 is 17.6 Å². The van der Waals surface area contributed by atoms with Crippen LogP contribution in [0.2, 0.25) is 0 Å². The van der Waals surface area contributed by atoms with Crippen molar-refractivity contribution in [2.75, 3.05) is 0 Å². The van der Waals surface area contributed by atoms with Crippen LogP contribution in [-0.2, 0) is 14.4 Å². The molecule has 1 unspecified atom stereocenters. The van der Waals surface area contributed by atoms with E-state index >= 15 is 0 Å². The van der Waals surface area contributed by atoms with Gasteiger partial charge in [-0.2, -0.15) is 5.48 Å². The number of carbonyl (C=O) groups excluding carboxylic acids is 2. The Labute approximate surface area is 108 Å². The highest BCUT2D eigenvalue weighted by molar-refractivity contribution is 5.77. The van der Waals surface area contributed by atoms with E-state index in [1.54, 1.807) is 0 Å². The molecule has 19 heavy (non-hydrogen) atoms. The van der Waals surface area contributed by atoms with E-state index in [-0.39, 0.29) is 12.1 Å². The van der Waals surface area contributed by atoms with Gasteiger partial charge in [-0.25, -0.2) is 0 Å². The summed E-state index contributed by atoms with van der Waals surface area (Å²) in [7, 11) is 0. The van der Waals surface area contributed by atoms with Crippen LogP contribution in [0, 0.1) is 10.1 Å². The fraction of sp³-hybridized carbons (Fsp3) is 0.273. The second-order valence-electron chi connectivity index (χ2n) is 3.78. The standard InChI is InChI=1S/C11H13N3O5/c1-7(15)19-13-11(16)6-10(12)8-2-4-9(5-3-8)14(17)18/h2-5,10H,6,12H2,1H3,(H,13,16). The zero-order valence-corrected chi connectivity index (χ0v) is 10.2. The van der Waals surface area contributed by atoms with E-state index < -0.39 is 22.8 Å². The first kappa shape index (κ1) is 14.6. The first-order valence-corrected chi connectivity index (χ1v) is 5.36. The molecule has 3 N–H and O–H groups in total. The van der Waals surface area contributed by atoms with Crippen molar-refractivity contribution in [3.8, 4) is 0 Å². The molecule has 1 atom stereocenters. The van der Waals surface area contributed by atoms with Crippen molar-refractivity contribution in [1.82, 2.24) is 5.48 Å². The number of amides is 1. The molecule has 1 aromatic rings. The Morgan fingerprint density at radius 2 is 2.00 bits per heavy atom. The Kier molecular flexibility index (Phi) is 4.95. The van der Waals surface area contributed by atoms with Crippen molar-refractivity contribution < 1.29 is 19.3 Å². The molecule has 102 valence electrons. The van der Waals surface area contributed by atoms with E-state index in [4.69, 9.17) is 5.73 Å². The molecule has 0 heterocycles. The summed E-state index contributed by atoms with van der Waals surface area (Å²) in [5.74, 6) is -1.20. The minimum atomic E-state index is -0.642. The topological polar surface area (TPSA) is 125 Å². The van der Waals surface area contributed by atoms with Gasteiger partial charge in [0.05, 0.1) is 4.92 Å². The lowest BCUT2D eigenvalue weighted by atomic mass is 10.0. The molecule has 0 aliphatic carbocycles. The first-order valence-electron chi connectivity index (χ1n) is 5.36. The van der Waals surface area contributed by atoms with Crippen molar-refractivity contribution in [1.29, 1.82) is 0 Å². The Balaban J connectivity index is 2.57. The molecule has 1 rings (SSSR count). The molecule has 8 nitrogen and oxygen atoms in total. The van der Waals surface area contributed by atoms with Crippen molar-refractivity contribution in [3.05, 3.63) is 39.9 Å². The van der Waals surface area contributed by atoms with E-state index in [2.05, 4.69) is 4.84 Å². The summed E-state index contributed by atoms with van der Waals surface area (Å²) in [4.78, 5) is 36.1. The van der Waals surface area contributed by atoms with Crippen LogP contribution in [0.3, 0.4) is 0 Å². The molecule has 1 amide bonds. The van der Waals surface area contributed by atoms with Gasteiger partial charge in [0.1, 0.15) is 0 Å². The van der Waals surface area contributed by atoms with E-state index in [9.17, 15) is 19.7 Å². The predicted molar refractivity (Wildman–Crippen MR) is 64.6 cm³/mol. The average molecular weight is 267 g/mol. The molecule has 0 saturated heterocycles. The largest absolute Gasteiger partial charge is 0.341 e. The summed E-state index contributed by atoms with van der Waals surface area (Å²) in [6.45, 7) is 1.15. The van der Waals surface area contributed by atoms with Gasteiger partial charge in [0.15, 0.2) is 0 Å². The second-order valence-corrected chi connectivity index (χ2v) is 3.78. The predicted octanol–water partition coefficient (Wildman–Crippen LogP) is 0.579. The van der Waals surface area contributed by atoms with E-state index in [0.717, 1.165) is 6.92 Å². The number of nitrogens with zero attached hydrogens (tertiary/aromatic N) is 1. The number of rotatable bonds is 4. The molecule has 0 bridgehead atoms. The lowest BCUT2D eigenvalue weighted by Crippen LogP contribution is -2.29. The number of hydroxylamine groups is 1. The van der Waals surface area contributed by atoms with Crippen LogP contribution in [0.1, 0.15) is 24.9 Å². The zero-order chi connectivity index (χ0) is 14.4. The van der Waals surface area contributed by atoms with Gasteiger partial charge in [0, 0.05) is 31.5 Å². The second kappa shape index (κ2) is 6.45. The third kappa shape index (κ3) is 4.72. The Morgan fingerprint density at radius 1 is 1.42 bits per heavy atom. The minimum absolute atomic E-state index is 0.0553. The highest BCUT2D eigenvalue weighted by Crippen LogP contribution is 2.18. The van der Waals surface area contributed by atoms with Crippen molar-refractivity contribution in [3.63, 3.8) is 0 Å². The van der Waals surface area contributed by atoms with Gasteiger partial charge in [-0.1, -0.05) is 12.1 Å². The van der Waals surface area contributed by atoms with Crippen LogP contribution >= 0.6 is 0 Å². The number of nitro groups is 1. The smallest absolute Gasteiger partial charge is 0.329 e. The summed E-state index contributed by atoms with van der Waals surface area (Å²) < 4.78 is 0. The third-order valence-electron chi connectivity index (χ3n) is 2.25. The van der Waals surface area contributed by atoms with Gasteiger partial charge in [-0.05, 0) is 5.56 Å². The van der Waals surface area contributed by atoms with Crippen molar-refractivity contribution in [2.45, 2.75) is 19.4 Å². The maximum Gasteiger partial charge on any atom is 0.329 e. The van der Waals surface area contributed by atoms with Crippen LogP contribution in [0.15, 0.2) is 24.3 Å². The lowest BCUT2D eigenvalue weighted by Gasteiger charge is -2.11. The lowest BCUT2D eigenvalue weighted by molar-refractivity contribution is -0.384. The number of nitro benzene ring substituents is 1. The normalized spacial score (nSPS) is 11.5. The maximum absolute atomic E-state index is 11.3. The van der Waals surface area contributed by atoms with Gasteiger partial charge in [-0.3, -0.25) is 19.7 Å². The summed E-state index contributed by atoms with van der Waals surface area (Å²) in [6, 6.07) is 4.92. The monoisotopic (exact) mass is 267 g/mol. The number of hydrogen-bond acceptors (Lipinski definition) is 6. The van der Waals surface area contributed by atoms with E-state index in [1.807, 2.05) is 5.48 Å². The summed E-state index contributed by atoms with van der Waals surface area (Å²) in [5.41, 5.74) is 8.21. The zero-order valence-electron chi connectivity index (χ0n) is 10.2. The highest BCUT2D eigenvalue weighted by Gasteiger charge is 2.14. The van der Waals surface area contributed by atoms with Crippen molar-refractivity contribution in [2.24, 2.45) is 5.73 Å². The molecule has 0 fully saturated rings. The van der Waals surface area contributed by atoms with Gasteiger partial charge in [0.2, 0.25) is 0 Å². The molecular weight excluding hydrogens is 254 g/mol. The Morgan fingerprint density at radius 3 is 2.47 bits per heavy atom. The number of hydrogen-bond donors (Lipinski definition) is 2. The molecule has 0 aromatic heterocycles. The number of non-ortho nitro benzene ring substituents is 1. The quantitative estimate of drug-likeness (QED) is 0.607. The van der Waals surface area contributed by atoms with Crippen LogP contribution in [0.4, 0.5) is 5.69 Å². The summed E-state index contributed by atoms with van der Waals surface area (Å²) in [6.07, 6.45) is -0.106. The molecule has 8 heteroatoms. The molecule has 0 aliphatic heterocycles. The number of nitrogens with two attached hydrogens (primary N) is 1. The Hall–Kier alpha value is -2.48. The highest BCUT2D eigenvalue weighted by atomic mass is 16.7. The van der Waals surface area contributed by atoms with Crippen LogP contribution in [0.25, 0.3) is 0 Å². The van der Waals surface area contributed by atoms with Gasteiger partial charge >= 0.3 is 5.97 Å². The molecule has 0 radical (unpaired) electrons. The SMILES string of the molecule is CC(=O)ONC(=O)CC(N)c1ccc([N+](=O)[O-])cc1. The van der Waals surface area contributed by atoms with Gasteiger partial charge in [0.25, 0.3) is 11.6 Å². The number of carbonyl (C=O) groups is 2. The summed E-state index contributed by atoms with van der Waals surface area (Å²) >= 11 is 0. The number of benzene rings is 1. The molecule has 1 aromatic carbocycles. The van der Waals surface area contributed by atoms with Gasteiger partial charge < -0.3 is 10.6 Å². The van der Waals surface area contributed by atoms with Gasteiger partial charge in [-0.15, -0.1) is 0 Å². The Bertz CT molecular complexity index is 486. The van der Waals surface area contributed by atoms with Crippen LogP contribution in [-0.4, -0.2) is 16.8 Å². The summed E-state index contributed by atoms with van der Waals surface area (Å²) in [5, 5.41) is 10.5. The maximum atomic E-state index is 11.3. The number of nitrogens with one attached hydrogen (secondary N) is 1. The minimum Gasteiger partial charge on any atom is -0.341 e. The average Bonchev–Trinajstić information content (AvgIpc) is 2.36. The van der Waals surface area contributed by atoms with Crippen LogP contribution < -0.4 is 11.2 Å². The molecule has 0 saturated carbocycles. The first-order chi connectivity index (χ1) is 8.90. The molecule has 0 aliphatic rings. The molecular formula is C11H13N3O5. The fourth-order valence-electron chi connectivity index (χ4n) is 1.33.